The third kappa shape index (κ3) is 3.09. The van der Waals surface area contributed by atoms with Gasteiger partial charge in [0.2, 0.25) is 0 Å². The van der Waals surface area contributed by atoms with Gasteiger partial charge in [-0.05, 0) is 34.7 Å². The summed E-state index contributed by atoms with van der Waals surface area (Å²) in [6.45, 7) is 1.92. The van der Waals surface area contributed by atoms with Gasteiger partial charge >= 0.3 is 0 Å². The van der Waals surface area contributed by atoms with E-state index in [2.05, 4.69) is 0 Å². The number of hydrogen-bond donors (Lipinski definition) is 0. The summed E-state index contributed by atoms with van der Waals surface area (Å²) < 4.78 is 26.2. The molecule has 0 bridgehead atoms. The van der Waals surface area contributed by atoms with Crippen molar-refractivity contribution < 1.29 is 13.3 Å². The van der Waals surface area contributed by atoms with E-state index in [1.165, 1.54) is 0 Å². The van der Waals surface area contributed by atoms with Gasteiger partial charge in [-0.1, -0.05) is 72.3 Å². The van der Waals surface area contributed by atoms with Crippen molar-refractivity contribution in [1.29, 1.82) is 0 Å². The van der Waals surface area contributed by atoms with Gasteiger partial charge in [0.25, 0.3) is 10.0 Å². The largest absolute Gasteiger partial charge is 0.267 e. The van der Waals surface area contributed by atoms with Crippen molar-refractivity contribution >= 4 is 10.0 Å². The van der Waals surface area contributed by atoms with Crippen LogP contribution in [0.1, 0.15) is 17.4 Å². The third-order valence-electron chi connectivity index (χ3n) is 4.21. The Kier molecular flexibility index (Phi) is 3.92. The summed E-state index contributed by atoms with van der Waals surface area (Å²) >= 11 is 0. The van der Waals surface area contributed by atoms with E-state index in [0.717, 1.165) is 26.7 Å². The summed E-state index contributed by atoms with van der Waals surface area (Å²) in [6, 6.07) is 24.5. The highest BCUT2D eigenvalue weighted by atomic mass is 32.2. The number of nitrogens with zero attached hydrogens (tertiary/aromatic N) is 1. The number of hydroxylamine groups is 1. The van der Waals surface area contributed by atoms with Crippen molar-refractivity contribution in [2.75, 3.05) is 0 Å². The minimum atomic E-state index is -3.63. The van der Waals surface area contributed by atoms with Gasteiger partial charge in [-0.2, -0.15) is 0 Å². The highest BCUT2D eigenvalue weighted by Crippen LogP contribution is 2.42. The maximum Gasteiger partial charge on any atom is 0.267 e. The molecule has 4 nitrogen and oxygen atoms in total. The van der Waals surface area contributed by atoms with Crippen LogP contribution >= 0.6 is 0 Å². The van der Waals surface area contributed by atoms with Crippen LogP contribution < -0.4 is 0 Å². The molecule has 0 amide bonds. The molecule has 1 aliphatic heterocycles. The van der Waals surface area contributed by atoms with Crippen LogP contribution in [0.2, 0.25) is 0 Å². The Morgan fingerprint density at radius 3 is 2.04 bits per heavy atom. The lowest BCUT2D eigenvalue weighted by Gasteiger charge is -2.04. The van der Waals surface area contributed by atoms with Gasteiger partial charge in [-0.3, -0.25) is 4.84 Å². The molecular weight excluding hydrogens is 334 g/mol. The number of aryl methyl sites for hydroxylation is 1. The Morgan fingerprint density at radius 1 is 0.800 bits per heavy atom. The molecule has 1 heterocycles. The molecule has 25 heavy (non-hydrogen) atoms. The Bertz CT molecular complexity index is 981. The van der Waals surface area contributed by atoms with Crippen molar-refractivity contribution in [2.45, 2.75) is 18.0 Å². The molecule has 0 radical (unpaired) electrons. The molecule has 1 fully saturated rings. The van der Waals surface area contributed by atoms with Crippen LogP contribution in [0.15, 0.2) is 83.8 Å². The van der Waals surface area contributed by atoms with E-state index in [0.29, 0.717) is 0 Å². The third-order valence-corrected chi connectivity index (χ3v) is 5.83. The monoisotopic (exact) mass is 351 g/mol. The average Bonchev–Trinajstić information content (AvgIpc) is 3.45. The molecule has 4 rings (SSSR count). The Hall–Kier alpha value is -2.47. The smallest absolute Gasteiger partial charge is 0.253 e. The van der Waals surface area contributed by atoms with Crippen LogP contribution in [0.3, 0.4) is 0 Å². The zero-order valence-corrected chi connectivity index (χ0v) is 14.5. The fourth-order valence-corrected chi connectivity index (χ4v) is 3.98. The molecule has 3 aromatic rings. The van der Waals surface area contributed by atoms with Crippen LogP contribution in [-0.4, -0.2) is 12.9 Å². The molecule has 2 atom stereocenters. The summed E-state index contributed by atoms with van der Waals surface area (Å²) in [5.41, 5.74) is 4.03. The second-order valence-electron chi connectivity index (χ2n) is 6.02. The molecule has 0 saturated carbocycles. The predicted molar refractivity (Wildman–Crippen MR) is 95.9 cm³/mol. The first kappa shape index (κ1) is 16.0. The molecule has 0 spiro atoms. The van der Waals surface area contributed by atoms with Crippen molar-refractivity contribution in [3.63, 3.8) is 0 Å². The highest BCUT2D eigenvalue weighted by Gasteiger charge is 2.48. The van der Waals surface area contributed by atoms with Crippen LogP contribution in [0.25, 0.3) is 11.1 Å². The van der Waals surface area contributed by atoms with Gasteiger partial charge < -0.3 is 0 Å². The van der Waals surface area contributed by atoms with E-state index in [1.54, 1.807) is 24.3 Å². The molecular formula is C20H17NO3S. The van der Waals surface area contributed by atoms with Crippen molar-refractivity contribution in [3.8, 4) is 11.1 Å². The molecule has 1 saturated heterocycles. The molecule has 3 aromatic carbocycles. The first-order valence-electron chi connectivity index (χ1n) is 7.99. The van der Waals surface area contributed by atoms with E-state index >= 15 is 0 Å². The summed E-state index contributed by atoms with van der Waals surface area (Å²) in [7, 11) is -3.63. The topological polar surface area (TPSA) is 49.7 Å². The number of hydrogen-bond acceptors (Lipinski definition) is 3. The Labute approximate surface area is 147 Å². The quantitative estimate of drug-likeness (QED) is 0.659. The van der Waals surface area contributed by atoms with Crippen LogP contribution in [0, 0.1) is 6.92 Å². The normalized spacial score (nSPS) is 19.6. The number of sulfonamides is 1. The Morgan fingerprint density at radius 2 is 1.40 bits per heavy atom. The summed E-state index contributed by atoms with van der Waals surface area (Å²) in [4.78, 5) is 5.58. The van der Waals surface area contributed by atoms with E-state index in [9.17, 15) is 8.42 Å². The molecule has 1 unspecified atom stereocenters. The molecule has 5 heteroatoms. The lowest BCUT2D eigenvalue weighted by atomic mass is 10.0. The van der Waals surface area contributed by atoms with E-state index < -0.39 is 16.3 Å². The molecule has 126 valence electrons. The predicted octanol–water partition coefficient (Wildman–Crippen LogP) is 4.30. The van der Waals surface area contributed by atoms with Crippen LogP contribution in [0.4, 0.5) is 0 Å². The lowest BCUT2D eigenvalue weighted by Crippen LogP contribution is -2.12. The Balaban J connectivity index is 1.54. The van der Waals surface area contributed by atoms with Crippen LogP contribution in [-0.2, 0) is 14.9 Å². The van der Waals surface area contributed by atoms with Gasteiger partial charge in [0, 0.05) is 5.56 Å². The second-order valence-corrected chi connectivity index (χ2v) is 7.80. The van der Waals surface area contributed by atoms with Gasteiger partial charge in [0.1, 0.15) is 0 Å². The lowest BCUT2D eigenvalue weighted by molar-refractivity contribution is 0.283. The summed E-state index contributed by atoms with van der Waals surface area (Å²) in [6.07, 6.45) is -0.559. The number of benzene rings is 3. The summed E-state index contributed by atoms with van der Waals surface area (Å²) in [5.74, 6) is 0. The first-order chi connectivity index (χ1) is 12.1. The molecule has 0 aromatic heterocycles. The van der Waals surface area contributed by atoms with Crippen molar-refractivity contribution in [1.82, 2.24) is 4.47 Å². The standard InChI is InChI=1S/C20H17NO3S/c1-15-7-13-19(14-8-15)25(22,23)21-20(24-21)18-11-9-17(10-12-18)16-5-3-2-4-6-16/h2-14,20H,1H3/t20-,21?/m0/s1. The fraction of sp³-hybridized carbons (Fsp3) is 0.100. The van der Waals surface area contributed by atoms with E-state index in [-0.39, 0.29) is 4.90 Å². The molecule has 1 aliphatic rings. The van der Waals surface area contributed by atoms with Gasteiger partial charge in [-0.15, -0.1) is 0 Å². The number of rotatable bonds is 4. The van der Waals surface area contributed by atoms with E-state index in [4.69, 9.17) is 4.84 Å². The van der Waals surface area contributed by atoms with Gasteiger partial charge in [0.05, 0.1) is 4.90 Å². The zero-order valence-electron chi connectivity index (χ0n) is 13.7. The maximum absolute atomic E-state index is 12.6. The van der Waals surface area contributed by atoms with Gasteiger partial charge in [0.15, 0.2) is 6.23 Å². The second kappa shape index (κ2) is 6.11. The first-order valence-corrected chi connectivity index (χ1v) is 9.43. The molecule has 0 aliphatic carbocycles. The van der Waals surface area contributed by atoms with Crippen LogP contribution in [0.5, 0.6) is 0 Å². The maximum atomic E-state index is 12.6. The fourth-order valence-electron chi connectivity index (χ4n) is 2.72. The highest BCUT2D eigenvalue weighted by molar-refractivity contribution is 7.89. The SMILES string of the molecule is Cc1ccc(S(=O)(=O)N2O[C@H]2c2ccc(-c3ccccc3)cc2)cc1. The zero-order chi connectivity index (χ0) is 17.4. The van der Waals surface area contributed by atoms with Crippen molar-refractivity contribution in [3.05, 3.63) is 90.0 Å². The minimum absolute atomic E-state index is 0.238. The van der Waals surface area contributed by atoms with E-state index in [1.807, 2.05) is 61.5 Å². The van der Waals surface area contributed by atoms with Crippen molar-refractivity contribution in [2.24, 2.45) is 0 Å². The minimum Gasteiger partial charge on any atom is -0.253 e. The van der Waals surface area contributed by atoms with Gasteiger partial charge in [-0.25, -0.2) is 8.42 Å². The molecule has 0 N–H and O–H groups in total. The average molecular weight is 351 g/mol. The summed E-state index contributed by atoms with van der Waals surface area (Å²) in [5, 5.41) is 0.